The third kappa shape index (κ3) is 5.14. The van der Waals surface area contributed by atoms with Crippen molar-refractivity contribution in [3.8, 4) is 0 Å². The molecular weight excluding hydrogens is 396 g/mol. The van der Waals surface area contributed by atoms with E-state index in [1.54, 1.807) is 24.1 Å². The summed E-state index contributed by atoms with van der Waals surface area (Å²) in [7, 11) is -2.06. The maximum Gasteiger partial charge on any atom is 0.238 e. The van der Waals surface area contributed by atoms with E-state index < -0.39 is 10.0 Å². The minimum absolute atomic E-state index is 0.0267. The molecule has 156 valence electrons. The molecule has 2 N–H and O–H groups in total. The van der Waals surface area contributed by atoms with Gasteiger partial charge in [0.15, 0.2) is 0 Å². The fourth-order valence-corrected chi connectivity index (χ4v) is 4.08. The van der Waals surface area contributed by atoms with E-state index in [0.717, 1.165) is 11.1 Å². The molecule has 0 bridgehead atoms. The Balaban J connectivity index is 1.84. The van der Waals surface area contributed by atoms with Crippen LogP contribution in [0.25, 0.3) is 0 Å². The van der Waals surface area contributed by atoms with Crippen LogP contribution in [0.2, 0.25) is 0 Å². The molecule has 30 heavy (non-hydrogen) atoms. The maximum absolute atomic E-state index is 13.2. The zero-order valence-corrected chi connectivity index (χ0v) is 17.9. The second-order valence-corrected chi connectivity index (χ2v) is 8.94. The average Bonchev–Trinajstić information content (AvgIpc) is 2.77. The molecule has 1 unspecified atom stereocenters. The zero-order chi connectivity index (χ0) is 21.7. The predicted octanol–water partition coefficient (Wildman–Crippen LogP) is 4.08. The number of hydrogen-bond donors (Lipinski definition) is 1. The largest absolute Gasteiger partial charge is 0.339 e. The summed E-state index contributed by atoms with van der Waals surface area (Å²) in [6.45, 7) is 1.88. The Labute approximate surface area is 178 Å². The molecule has 0 radical (unpaired) electrons. The summed E-state index contributed by atoms with van der Waals surface area (Å²) in [5.41, 5.74) is 2.87. The Kier molecular flexibility index (Phi) is 6.70. The molecule has 0 saturated carbocycles. The van der Waals surface area contributed by atoms with E-state index in [9.17, 15) is 13.2 Å². The highest BCUT2D eigenvalue weighted by molar-refractivity contribution is 7.89. The van der Waals surface area contributed by atoms with Crippen LogP contribution < -0.4 is 5.14 Å². The smallest absolute Gasteiger partial charge is 0.238 e. The van der Waals surface area contributed by atoms with Gasteiger partial charge in [-0.3, -0.25) is 4.79 Å². The third-order valence-corrected chi connectivity index (χ3v) is 6.34. The molecule has 3 rings (SSSR count). The Morgan fingerprint density at radius 3 is 1.87 bits per heavy atom. The second kappa shape index (κ2) is 9.24. The Morgan fingerprint density at radius 1 is 0.867 bits per heavy atom. The van der Waals surface area contributed by atoms with Gasteiger partial charge in [0.1, 0.15) is 0 Å². The fraction of sp³-hybridized carbons (Fsp3) is 0.208. The van der Waals surface area contributed by atoms with E-state index in [1.165, 1.54) is 12.1 Å². The molecule has 0 aliphatic heterocycles. The summed E-state index contributed by atoms with van der Waals surface area (Å²) in [5, 5.41) is 5.25. The molecule has 1 atom stereocenters. The van der Waals surface area contributed by atoms with Crippen molar-refractivity contribution in [2.75, 3.05) is 7.05 Å². The van der Waals surface area contributed by atoms with Gasteiger partial charge in [-0.25, -0.2) is 13.6 Å². The van der Waals surface area contributed by atoms with Gasteiger partial charge in [-0.2, -0.15) is 0 Å². The molecule has 3 aromatic carbocycles. The number of amides is 1. The van der Waals surface area contributed by atoms with Gasteiger partial charge in [0.2, 0.25) is 15.9 Å². The van der Waals surface area contributed by atoms with Crippen molar-refractivity contribution < 1.29 is 13.2 Å². The standard InChI is InChI=1S/C24H26N2O3S/c1-18(21-14-9-15-22(16-21)30(25,28)29)26(2)24(27)17-23(19-10-5-3-6-11-19)20-12-7-4-8-13-20/h3-16,18,23H,17H2,1-2H3,(H2,25,28,29). The van der Waals surface area contributed by atoms with Gasteiger partial charge in [0, 0.05) is 19.4 Å². The Morgan fingerprint density at radius 2 is 1.37 bits per heavy atom. The SMILES string of the molecule is CC(c1cccc(S(N)(=O)=O)c1)N(C)C(=O)CC(c1ccccc1)c1ccccc1. The van der Waals surface area contributed by atoms with Crippen LogP contribution in [0.1, 0.15) is 42.0 Å². The average molecular weight is 423 g/mol. The normalized spacial score (nSPS) is 12.5. The molecule has 5 nitrogen and oxygen atoms in total. The first-order valence-corrected chi connectivity index (χ1v) is 11.3. The van der Waals surface area contributed by atoms with Crippen molar-refractivity contribution in [3.05, 3.63) is 102 Å². The maximum atomic E-state index is 13.2. The summed E-state index contributed by atoms with van der Waals surface area (Å²) in [6, 6.07) is 26.1. The predicted molar refractivity (Wildman–Crippen MR) is 118 cm³/mol. The highest BCUT2D eigenvalue weighted by atomic mass is 32.2. The van der Waals surface area contributed by atoms with Gasteiger partial charge in [0.05, 0.1) is 10.9 Å². The van der Waals surface area contributed by atoms with E-state index in [-0.39, 0.29) is 22.8 Å². The van der Waals surface area contributed by atoms with Crippen LogP contribution in [0.5, 0.6) is 0 Å². The van der Waals surface area contributed by atoms with Crippen LogP contribution in [0.3, 0.4) is 0 Å². The number of rotatable bonds is 7. The van der Waals surface area contributed by atoms with Crippen molar-refractivity contribution in [1.29, 1.82) is 0 Å². The lowest BCUT2D eigenvalue weighted by Crippen LogP contribution is -2.31. The van der Waals surface area contributed by atoms with E-state index >= 15 is 0 Å². The van der Waals surface area contributed by atoms with Crippen LogP contribution >= 0.6 is 0 Å². The number of hydrogen-bond acceptors (Lipinski definition) is 3. The molecule has 0 spiro atoms. The first kappa shape index (κ1) is 21.7. The quantitative estimate of drug-likeness (QED) is 0.623. The van der Waals surface area contributed by atoms with Gasteiger partial charge in [0.25, 0.3) is 0 Å². The van der Waals surface area contributed by atoms with Gasteiger partial charge < -0.3 is 4.90 Å². The number of nitrogens with zero attached hydrogens (tertiary/aromatic N) is 1. The summed E-state index contributed by atoms with van der Waals surface area (Å²) < 4.78 is 23.3. The first-order chi connectivity index (χ1) is 14.3. The fourth-order valence-electron chi connectivity index (χ4n) is 3.51. The van der Waals surface area contributed by atoms with Crippen LogP contribution in [0.15, 0.2) is 89.8 Å². The zero-order valence-electron chi connectivity index (χ0n) is 17.1. The van der Waals surface area contributed by atoms with E-state index in [4.69, 9.17) is 5.14 Å². The molecule has 0 saturated heterocycles. The number of primary sulfonamides is 1. The molecule has 6 heteroatoms. The van der Waals surface area contributed by atoms with Crippen LogP contribution in [-0.2, 0) is 14.8 Å². The van der Waals surface area contributed by atoms with Crippen molar-refractivity contribution in [2.24, 2.45) is 5.14 Å². The Hall–Kier alpha value is -2.96. The highest BCUT2D eigenvalue weighted by Gasteiger charge is 2.24. The van der Waals surface area contributed by atoms with E-state index in [1.807, 2.05) is 67.6 Å². The number of carbonyl (C=O) groups excluding carboxylic acids is 1. The number of sulfonamides is 1. The van der Waals surface area contributed by atoms with E-state index in [0.29, 0.717) is 12.0 Å². The van der Waals surface area contributed by atoms with Gasteiger partial charge in [-0.1, -0.05) is 72.8 Å². The Bertz CT molecular complexity index is 1060. The van der Waals surface area contributed by atoms with Crippen molar-refractivity contribution in [1.82, 2.24) is 4.90 Å². The minimum atomic E-state index is -3.80. The molecule has 3 aromatic rings. The molecule has 0 heterocycles. The van der Waals surface area contributed by atoms with Gasteiger partial charge in [-0.15, -0.1) is 0 Å². The van der Waals surface area contributed by atoms with Crippen molar-refractivity contribution in [2.45, 2.75) is 30.2 Å². The second-order valence-electron chi connectivity index (χ2n) is 7.38. The minimum Gasteiger partial charge on any atom is -0.339 e. The first-order valence-electron chi connectivity index (χ1n) is 9.75. The summed E-state index contributed by atoms with van der Waals surface area (Å²) >= 11 is 0. The highest BCUT2D eigenvalue weighted by Crippen LogP contribution is 2.30. The lowest BCUT2D eigenvalue weighted by atomic mass is 9.88. The van der Waals surface area contributed by atoms with Crippen LogP contribution in [0.4, 0.5) is 0 Å². The van der Waals surface area contributed by atoms with Gasteiger partial charge >= 0.3 is 0 Å². The molecule has 0 fully saturated rings. The molecular formula is C24H26N2O3S. The molecule has 1 amide bonds. The van der Waals surface area contributed by atoms with Crippen LogP contribution in [-0.4, -0.2) is 26.3 Å². The van der Waals surface area contributed by atoms with Crippen molar-refractivity contribution in [3.63, 3.8) is 0 Å². The third-order valence-electron chi connectivity index (χ3n) is 5.43. The van der Waals surface area contributed by atoms with Crippen LogP contribution in [0, 0.1) is 0 Å². The summed E-state index contributed by atoms with van der Waals surface area (Å²) in [4.78, 5) is 14.9. The lowest BCUT2D eigenvalue weighted by Gasteiger charge is -2.28. The molecule has 0 aliphatic carbocycles. The lowest BCUT2D eigenvalue weighted by molar-refractivity contribution is -0.132. The topological polar surface area (TPSA) is 80.5 Å². The monoisotopic (exact) mass is 422 g/mol. The van der Waals surface area contributed by atoms with Gasteiger partial charge in [-0.05, 0) is 35.7 Å². The summed E-state index contributed by atoms with van der Waals surface area (Å²) in [6.07, 6.45) is 0.309. The number of carbonyl (C=O) groups is 1. The number of nitrogens with two attached hydrogens (primary N) is 1. The van der Waals surface area contributed by atoms with E-state index in [2.05, 4.69) is 0 Å². The molecule has 0 aliphatic rings. The molecule has 0 aromatic heterocycles. The number of benzene rings is 3. The van der Waals surface area contributed by atoms with Crippen molar-refractivity contribution >= 4 is 15.9 Å². The summed E-state index contributed by atoms with van der Waals surface area (Å²) in [5.74, 6) is -0.0912.